The molecule has 0 unspecified atom stereocenters. The first-order chi connectivity index (χ1) is 13.4. The van der Waals surface area contributed by atoms with Gasteiger partial charge in [-0.3, -0.25) is 14.7 Å². The highest BCUT2D eigenvalue weighted by Gasteiger charge is 2.27. The van der Waals surface area contributed by atoms with Crippen LogP contribution in [0.25, 0.3) is 0 Å². The lowest BCUT2D eigenvalue weighted by Gasteiger charge is -2.35. The first-order valence-corrected chi connectivity index (χ1v) is 10.8. The number of hydrogen-bond donors (Lipinski definition) is 0. The Bertz CT molecular complexity index is 899. The van der Waals surface area contributed by atoms with Gasteiger partial charge in [0.1, 0.15) is 0 Å². The lowest BCUT2D eigenvalue weighted by atomic mass is 10.2. The summed E-state index contributed by atoms with van der Waals surface area (Å²) in [5.41, 5.74) is 1.18. The zero-order valence-electron chi connectivity index (χ0n) is 15.7. The van der Waals surface area contributed by atoms with E-state index in [1.807, 2.05) is 12.1 Å². The Hall–Kier alpha value is -2.00. The van der Waals surface area contributed by atoms with Gasteiger partial charge in [0.15, 0.2) is 0 Å². The summed E-state index contributed by atoms with van der Waals surface area (Å²) < 4.78 is 26.3. The van der Waals surface area contributed by atoms with Gasteiger partial charge in [0.25, 0.3) is 0 Å². The monoisotopic (exact) mass is 422 g/mol. The van der Waals surface area contributed by atoms with Crippen molar-refractivity contribution in [2.75, 3.05) is 39.8 Å². The summed E-state index contributed by atoms with van der Waals surface area (Å²) in [6.45, 7) is 3.30. The van der Waals surface area contributed by atoms with E-state index in [0.29, 0.717) is 18.1 Å². The van der Waals surface area contributed by atoms with E-state index in [1.165, 1.54) is 36.9 Å². The summed E-state index contributed by atoms with van der Waals surface area (Å²) in [5.74, 6) is -0.191. The summed E-state index contributed by atoms with van der Waals surface area (Å²) in [7, 11) is -2.31. The number of amides is 1. The first-order valence-electron chi connectivity index (χ1n) is 8.97. The van der Waals surface area contributed by atoms with Gasteiger partial charge in [0, 0.05) is 57.2 Å². The number of halogens is 1. The van der Waals surface area contributed by atoms with Crippen molar-refractivity contribution in [3.63, 3.8) is 0 Å². The Kier molecular flexibility index (Phi) is 6.66. The van der Waals surface area contributed by atoms with E-state index in [9.17, 15) is 13.2 Å². The van der Waals surface area contributed by atoms with Crippen LogP contribution in [0.3, 0.4) is 0 Å². The highest BCUT2D eigenvalue weighted by Crippen LogP contribution is 2.18. The topological polar surface area (TPSA) is 73.8 Å². The van der Waals surface area contributed by atoms with Gasteiger partial charge in [-0.2, -0.15) is 4.31 Å². The molecule has 1 aliphatic rings. The predicted molar refractivity (Wildman–Crippen MR) is 107 cm³/mol. The van der Waals surface area contributed by atoms with Crippen LogP contribution in [0.4, 0.5) is 0 Å². The minimum Gasteiger partial charge on any atom is -0.339 e. The molecule has 1 fully saturated rings. The zero-order valence-corrected chi connectivity index (χ0v) is 17.2. The number of sulfonamides is 1. The maximum atomic E-state index is 12.6. The Morgan fingerprint density at radius 2 is 1.68 bits per heavy atom. The molecule has 1 amide bonds. The third-order valence-electron chi connectivity index (χ3n) is 4.76. The van der Waals surface area contributed by atoms with Crippen molar-refractivity contribution >= 4 is 27.5 Å². The van der Waals surface area contributed by atoms with Gasteiger partial charge in [-0.05, 0) is 42.0 Å². The zero-order chi connectivity index (χ0) is 20.1. The third-order valence-corrected chi connectivity index (χ3v) is 6.83. The lowest BCUT2D eigenvalue weighted by molar-refractivity contribution is -0.133. The van der Waals surface area contributed by atoms with Crippen LogP contribution in [0.5, 0.6) is 0 Å². The molecule has 0 saturated carbocycles. The molecule has 7 nitrogen and oxygen atoms in total. The molecule has 2 heterocycles. The highest BCUT2D eigenvalue weighted by atomic mass is 35.5. The van der Waals surface area contributed by atoms with Crippen LogP contribution < -0.4 is 0 Å². The van der Waals surface area contributed by atoms with E-state index in [-0.39, 0.29) is 17.3 Å². The molecule has 9 heteroatoms. The smallest absolute Gasteiger partial charge is 0.243 e. The summed E-state index contributed by atoms with van der Waals surface area (Å²) >= 11 is 5.81. The number of nitrogens with zero attached hydrogens (tertiary/aromatic N) is 4. The summed E-state index contributed by atoms with van der Waals surface area (Å²) in [6.07, 6.45) is 3.54. The molecule has 1 saturated heterocycles. The standard InChI is InChI=1S/C19H23ClN4O3S/c1-22(28(26,27)18-4-2-17(20)3-5-18)15-19(25)24-12-10-23(11-13-24)14-16-6-8-21-9-7-16/h2-9H,10-15H2,1H3. The van der Waals surface area contributed by atoms with E-state index in [0.717, 1.165) is 23.9 Å². The number of carbonyl (C=O) groups excluding carboxylic acids is 1. The molecule has 1 aromatic carbocycles. The lowest BCUT2D eigenvalue weighted by Crippen LogP contribution is -2.51. The van der Waals surface area contributed by atoms with Gasteiger partial charge in [-0.25, -0.2) is 8.42 Å². The largest absolute Gasteiger partial charge is 0.339 e. The second kappa shape index (κ2) is 9.00. The normalized spacial score (nSPS) is 15.8. The fraction of sp³-hybridized carbons (Fsp3) is 0.368. The van der Waals surface area contributed by atoms with Crippen molar-refractivity contribution in [2.45, 2.75) is 11.4 Å². The van der Waals surface area contributed by atoms with Gasteiger partial charge in [-0.1, -0.05) is 11.6 Å². The van der Waals surface area contributed by atoms with Gasteiger partial charge in [0.2, 0.25) is 15.9 Å². The quantitative estimate of drug-likeness (QED) is 0.708. The third kappa shape index (κ3) is 5.08. The number of piperazine rings is 1. The number of rotatable bonds is 6. The predicted octanol–water partition coefficient (Wildman–Crippen LogP) is 1.70. The van der Waals surface area contributed by atoms with Gasteiger partial charge in [-0.15, -0.1) is 0 Å². The van der Waals surface area contributed by atoms with E-state index in [1.54, 1.807) is 17.3 Å². The van der Waals surface area contributed by atoms with Crippen molar-refractivity contribution < 1.29 is 13.2 Å². The molecule has 1 aromatic heterocycles. The molecule has 0 bridgehead atoms. The number of benzene rings is 1. The first kappa shape index (κ1) is 20.7. The fourth-order valence-electron chi connectivity index (χ4n) is 3.06. The Morgan fingerprint density at radius 3 is 2.29 bits per heavy atom. The van der Waals surface area contributed by atoms with E-state index >= 15 is 0 Å². The minimum absolute atomic E-state index is 0.120. The van der Waals surface area contributed by atoms with Crippen molar-refractivity contribution in [1.29, 1.82) is 0 Å². The number of aromatic nitrogens is 1. The molecular weight excluding hydrogens is 400 g/mol. The summed E-state index contributed by atoms with van der Waals surface area (Å²) in [6, 6.07) is 9.88. The molecule has 0 spiro atoms. The molecule has 1 aliphatic heterocycles. The minimum atomic E-state index is -3.73. The van der Waals surface area contributed by atoms with E-state index < -0.39 is 10.0 Å². The van der Waals surface area contributed by atoms with E-state index in [4.69, 9.17) is 11.6 Å². The fourth-order valence-corrected chi connectivity index (χ4v) is 4.31. The highest BCUT2D eigenvalue weighted by molar-refractivity contribution is 7.89. The molecule has 0 radical (unpaired) electrons. The number of pyridine rings is 1. The molecule has 150 valence electrons. The van der Waals surface area contributed by atoms with Crippen LogP contribution in [-0.2, 0) is 21.4 Å². The van der Waals surface area contributed by atoms with Gasteiger partial charge >= 0.3 is 0 Å². The average Bonchev–Trinajstić information content (AvgIpc) is 2.69. The van der Waals surface area contributed by atoms with Crippen LogP contribution in [0.15, 0.2) is 53.7 Å². The van der Waals surface area contributed by atoms with Crippen LogP contribution in [0, 0.1) is 0 Å². The number of likely N-dealkylation sites (N-methyl/N-ethyl adjacent to an activating group) is 1. The van der Waals surface area contributed by atoms with Crippen LogP contribution in [-0.4, -0.2) is 73.2 Å². The van der Waals surface area contributed by atoms with E-state index in [2.05, 4.69) is 9.88 Å². The molecule has 3 rings (SSSR count). The van der Waals surface area contributed by atoms with Crippen LogP contribution in [0.1, 0.15) is 5.56 Å². The Balaban J connectivity index is 1.53. The van der Waals surface area contributed by atoms with Crippen LogP contribution >= 0.6 is 11.6 Å². The molecule has 28 heavy (non-hydrogen) atoms. The average molecular weight is 423 g/mol. The summed E-state index contributed by atoms with van der Waals surface area (Å²) in [4.78, 5) is 20.7. The Morgan fingerprint density at radius 1 is 1.07 bits per heavy atom. The van der Waals surface area contributed by atoms with Crippen molar-refractivity contribution in [3.05, 3.63) is 59.4 Å². The maximum Gasteiger partial charge on any atom is 0.243 e. The number of hydrogen-bond acceptors (Lipinski definition) is 5. The van der Waals surface area contributed by atoms with Crippen molar-refractivity contribution in [2.24, 2.45) is 0 Å². The second-order valence-electron chi connectivity index (χ2n) is 6.73. The van der Waals surface area contributed by atoms with Gasteiger partial charge in [0.05, 0.1) is 11.4 Å². The van der Waals surface area contributed by atoms with Crippen molar-refractivity contribution in [3.8, 4) is 0 Å². The van der Waals surface area contributed by atoms with Crippen LogP contribution in [0.2, 0.25) is 5.02 Å². The van der Waals surface area contributed by atoms with Crippen molar-refractivity contribution in [1.82, 2.24) is 19.1 Å². The second-order valence-corrected chi connectivity index (χ2v) is 9.21. The molecule has 0 N–H and O–H groups in total. The molecular formula is C19H23ClN4O3S. The SMILES string of the molecule is CN(CC(=O)N1CCN(Cc2ccncc2)CC1)S(=O)(=O)c1ccc(Cl)cc1. The Labute approximate surface area is 170 Å². The van der Waals surface area contributed by atoms with Gasteiger partial charge < -0.3 is 4.90 Å². The maximum absolute atomic E-state index is 12.6. The molecule has 0 atom stereocenters. The molecule has 2 aromatic rings. The molecule has 0 aliphatic carbocycles. The summed E-state index contributed by atoms with van der Waals surface area (Å²) in [5, 5.41) is 0.460. The number of carbonyl (C=O) groups is 1.